The molecule has 1 atom stereocenters. The van der Waals surface area contributed by atoms with Crippen molar-refractivity contribution in [2.24, 2.45) is 0 Å². The van der Waals surface area contributed by atoms with Gasteiger partial charge in [0.25, 0.3) is 0 Å². The number of hydrogen-bond donors (Lipinski definition) is 0. The molecule has 2 rings (SSSR count). The van der Waals surface area contributed by atoms with Gasteiger partial charge in [-0.25, -0.2) is 4.79 Å². The Morgan fingerprint density at radius 2 is 2.14 bits per heavy atom. The molecule has 14 heavy (non-hydrogen) atoms. The van der Waals surface area contributed by atoms with Gasteiger partial charge in [0.15, 0.2) is 0 Å². The highest BCUT2D eigenvalue weighted by molar-refractivity contribution is 7.99. The Morgan fingerprint density at radius 3 is 2.79 bits per heavy atom. The van der Waals surface area contributed by atoms with Gasteiger partial charge < -0.3 is 9.47 Å². The van der Waals surface area contributed by atoms with Crippen molar-refractivity contribution in [2.45, 2.75) is 11.0 Å². The van der Waals surface area contributed by atoms with E-state index in [1.807, 2.05) is 30.3 Å². The second-order valence-corrected chi connectivity index (χ2v) is 4.02. The van der Waals surface area contributed by atoms with Crippen LogP contribution in [0, 0.1) is 0 Å². The van der Waals surface area contributed by atoms with Crippen molar-refractivity contribution in [2.75, 3.05) is 12.4 Å². The monoisotopic (exact) mass is 210 g/mol. The summed E-state index contributed by atoms with van der Waals surface area (Å²) in [5.41, 5.74) is 0. The summed E-state index contributed by atoms with van der Waals surface area (Å²) >= 11 is 1.66. The Kier molecular flexibility index (Phi) is 2.93. The molecule has 1 aliphatic heterocycles. The summed E-state index contributed by atoms with van der Waals surface area (Å²) in [6.07, 6.45) is -0.656. The van der Waals surface area contributed by atoms with Crippen molar-refractivity contribution in [3.05, 3.63) is 30.3 Å². The van der Waals surface area contributed by atoms with Crippen LogP contribution in [0.15, 0.2) is 35.2 Å². The summed E-state index contributed by atoms with van der Waals surface area (Å²) in [7, 11) is 0. The summed E-state index contributed by atoms with van der Waals surface area (Å²) in [6.45, 7) is 0.374. The first kappa shape index (κ1) is 9.40. The van der Waals surface area contributed by atoms with E-state index in [0.717, 1.165) is 5.75 Å². The molecule has 0 aromatic heterocycles. The van der Waals surface area contributed by atoms with Gasteiger partial charge in [0, 0.05) is 10.6 Å². The third-order valence-electron chi connectivity index (χ3n) is 1.83. The molecule has 4 heteroatoms. The molecule has 0 saturated carbocycles. The van der Waals surface area contributed by atoms with Crippen LogP contribution in [0.25, 0.3) is 0 Å². The topological polar surface area (TPSA) is 35.5 Å². The van der Waals surface area contributed by atoms with Crippen molar-refractivity contribution in [1.29, 1.82) is 0 Å². The second-order valence-electron chi connectivity index (χ2n) is 2.92. The summed E-state index contributed by atoms with van der Waals surface area (Å²) in [5.74, 6) is 0.746. The van der Waals surface area contributed by atoms with Crippen LogP contribution in [0.5, 0.6) is 0 Å². The molecule has 74 valence electrons. The Balaban J connectivity index is 1.80. The molecule has 0 radical (unpaired) electrons. The molecule has 1 aromatic rings. The van der Waals surface area contributed by atoms with E-state index in [1.165, 1.54) is 4.90 Å². The number of hydrogen-bond acceptors (Lipinski definition) is 4. The average molecular weight is 210 g/mol. The third kappa shape index (κ3) is 2.42. The van der Waals surface area contributed by atoms with Gasteiger partial charge in [0.05, 0.1) is 0 Å². The fourth-order valence-corrected chi connectivity index (χ4v) is 2.05. The van der Waals surface area contributed by atoms with Crippen LogP contribution in [-0.2, 0) is 9.47 Å². The van der Waals surface area contributed by atoms with E-state index in [1.54, 1.807) is 11.8 Å². The number of carbonyl (C=O) groups is 1. The quantitative estimate of drug-likeness (QED) is 0.566. The van der Waals surface area contributed by atoms with Crippen LogP contribution in [0.1, 0.15) is 0 Å². The molecule has 1 aromatic carbocycles. The van der Waals surface area contributed by atoms with Gasteiger partial charge in [-0.05, 0) is 12.1 Å². The van der Waals surface area contributed by atoms with Gasteiger partial charge in [-0.2, -0.15) is 0 Å². The van der Waals surface area contributed by atoms with Crippen molar-refractivity contribution in [3.63, 3.8) is 0 Å². The van der Waals surface area contributed by atoms with Gasteiger partial charge in [-0.3, -0.25) is 0 Å². The van der Waals surface area contributed by atoms with Crippen LogP contribution in [0.4, 0.5) is 4.79 Å². The van der Waals surface area contributed by atoms with Crippen molar-refractivity contribution in [1.82, 2.24) is 0 Å². The zero-order chi connectivity index (χ0) is 9.80. The predicted octanol–water partition coefficient (Wildman–Crippen LogP) is 2.31. The maximum Gasteiger partial charge on any atom is 0.508 e. The van der Waals surface area contributed by atoms with E-state index in [9.17, 15) is 4.79 Å². The van der Waals surface area contributed by atoms with Crippen LogP contribution >= 0.6 is 11.8 Å². The number of ether oxygens (including phenoxy) is 2. The Morgan fingerprint density at radius 1 is 1.36 bits per heavy atom. The molecular weight excluding hydrogens is 200 g/mol. The predicted molar refractivity (Wildman–Crippen MR) is 53.4 cm³/mol. The molecule has 1 unspecified atom stereocenters. The first-order chi connectivity index (χ1) is 6.84. The van der Waals surface area contributed by atoms with E-state index >= 15 is 0 Å². The minimum atomic E-state index is -0.552. The summed E-state index contributed by atoms with van der Waals surface area (Å²) in [4.78, 5) is 11.8. The van der Waals surface area contributed by atoms with E-state index in [2.05, 4.69) is 4.74 Å². The smallest absolute Gasteiger partial charge is 0.430 e. The number of rotatable bonds is 3. The minimum absolute atomic E-state index is 0.104. The number of thioether (sulfide) groups is 1. The van der Waals surface area contributed by atoms with Crippen molar-refractivity contribution < 1.29 is 14.3 Å². The summed E-state index contributed by atoms with van der Waals surface area (Å²) < 4.78 is 9.58. The van der Waals surface area contributed by atoms with E-state index < -0.39 is 6.16 Å². The molecular formula is C10H10O3S. The van der Waals surface area contributed by atoms with Crippen LogP contribution in [-0.4, -0.2) is 24.6 Å². The van der Waals surface area contributed by atoms with Gasteiger partial charge in [-0.15, -0.1) is 11.8 Å². The van der Waals surface area contributed by atoms with Crippen molar-refractivity contribution >= 4 is 17.9 Å². The highest BCUT2D eigenvalue weighted by Gasteiger charge is 2.24. The Bertz CT molecular complexity index is 312. The standard InChI is InChI=1S/C10H10O3S/c11-10-12-6-8(13-10)7-14-9-4-2-1-3-5-9/h1-5,8H,6-7H2. The molecule has 0 spiro atoms. The van der Waals surface area contributed by atoms with E-state index in [4.69, 9.17) is 4.74 Å². The maximum absolute atomic E-state index is 10.6. The zero-order valence-corrected chi connectivity index (χ0v) is 8.33. The third-order valence-corrected chi connectivity index (χ3v) is 2.97. The zero-order valence-electron chi connectivity index (χ0n) is 7.51. The fourth-order valence-electron chi connectivity index (χ4n) is 1.15. The van der Waals surface area contributed by atoms with Gasteiger partial charge >= 0.3 is 6.16 Å². The molecule has 0 aliphatic carbocycles. The summed E-state index contributed by atoms with van der Waals surface area (Å²) in [5, 5.41) is 0. The van der Waals surface area contributed by atoms with Crippen LogP contribution in [0.2, 0.25) is 0 Å². The second kappa shape index (κ2) is 4.37. The largest absolute Gasteiger partial charge is 0.508 e. The molecule has 1 fully saturated rings. The molecule has 0 amide bonds. The SMILES string of the molecule is O=C1OCC(CSc2ccccc2)O1. The molecule has 3 nitrogen and oxygen atoms in total. The normalized spacial score (nSPS) is 20.3. The summed E-state index contributed by atoms with van der Waals surface area (Å²) in [6, 6.07) is 10.0. The van der Waals surface area contributed by atoms with E-state index in [-0.39, 0.29) is 6.10 Å². The molecule has 0 bridgehead atoms. The lowest BCUT2D eigenvalue weighted by atomic mass is 10.4. The first-order valence-corrected chi connectivity index (χ1v) is 5.34. The van der Waals surface area contributed by atoms with Gasteiger partial charge in [-0.1, -0.05) is 18.2 Å². The average Bonchev–Trinajstić information content (AvgIpc) is 2.63. The highest BCUT2D eigenvalue weighted by Crippen LogP contribution is 2.20. The number of carbonyl (C=O) groups excluding carboxylic acids is 1. The fraction of sp³-hybridized carbons (Fsp3) is 0.300. The Labute approximate surface area is 86.4 Å². The molecule has 1 aliphatic rings. The lowest BCUT2D eigenvalue weighted by Crippen LogP contribution is -2.12. The highest BCUT2D eigenvalue weighted by atomic mass is 32.2. The first-order valence-electron chi connectivity index (χ1n) is 4.36. The van der Waals surface area contributed by atoms with Crippen molar-refractivity contribution in [3.8, 4) is 0 Å². The number of benzene rings is 1. The van der Waals surface area contributed by atoms with Gasteiger partial charge in [0.1, 0.15) is 12.7 Å². The minimum Gasteiger partial charge on any atom is -0.430 e. The lowest BCUT2D eigenvalue weighted by molar-refractivity contribution is 0.122. The van der Waals surface area contributed by atoms with Gasteiger partial charge in [0.2, 0.25) is 0 Å². The number of cyclic esters (lactones) is 2. The molecule has 0 N–H and O–H groups in total. The Hall–Kier alpha value is -1.16. The molecule has 1 saturated heterocycles. The maximum atomic E-state index is 10.6. The van der Waals surface area contributed by atoms with E-state index in [0.29, 0.717) is 6.61 Å². The van der Waals surface area contributed by atoms with Crippen LogP contribution < -0.4 is 0 Å². The molecule has 1 heterocycles. The lowest BCUT2D eigenvalue weighted by Gasteiger charge is -2.04. The van der Waals surface area contributed by atoms with Crippen LogP contribution in [0.3, 0.4) is 0 Å².